The Morgan fingerprint density at radius 1 is 1.50 bits per heavy atom. The molecular formula is C7H9N3O5S. The molecule has 2 fully saturated rings. The van der Waals surface area contributed by atoms with Gasteiger partial charge in [0.15, 0.2) is 0 Å². The Hall–Kier alpha value is -1.37. The van der Waals surface area contributed by atoms with Gasteiger partial charge in [0.05, 0.1) is 12.6 Å². The van der Waals surface area contributed by atoms with Crippen LogP contribution in [-0.2, 0) is 14.7 Å². The molecule has 2 aliphatic rings. The Kier molecular flexibility index (Phi) is 2.49. The first-order valence-corrected chi connectivity index (χ1v) is 5.92. The van der Waals surface area contributed by atoms with Crippen molar-refractivity contribution in [1.82, 2.24) is 9.96 Å². The Labute approximate surface area is 92.1 Å². The molecule has 8 nitrogen and oxygen atoms in total. The van der Waals surface area contributed by atoms with E-state index < -0.39 is 28.6 Å². The highest BCUT2D eigenvalue weighted by Crippen LogP contribution is 2.30. The average Bonchev–Trinajstić information content (AvgIpc) is 2.43. The molecule has 2 heterocycles. The van der Waals surface area contributed by atoms with Crippen molar-refractivity contribution in [2.75, 3.05) is 6.54 Å². The van der Waals surface area contributed by atoms with Gasteiger partial charge in [0.1, 0.15) is 0 Å². The Balaban J connectivity index is 2.20. The maximum atomic E-state index is 11.6. The summed E-state index contributed by atoms with van der Waals surface area (Å²) >= 11 is 0. The van der Waals surface area contributed by atoms with E-state index in [9.17, 15) is 13.2 Å². The van der Waals surface area contributed by atoms with Crippen LogP contribution in [0.4, 0.5) is 4.79 Å². The minimum atomic E-state index is -4.70. The lowest BCUT2D eigenvalue weighted by Crippen LogP contribution is -2.37. The van der Waals surface area contributed by atoms with Crippen molar-refractivity contribution in [3.8, 4) is 0 Å². The fourth-order valence-electron chi connectivity index (χ4n) is 1.95. The molecule has 0 saturated carbocycles. The van der Waals surface area contributed by atoms with Gasteiger partial charge in [-0.1, -0.05) is 0 Å². The van der Waals surface area contributed by atoms with E-state index in [1.54, 1.807) is 0 Å². The maximum absolute atomic E-state index is 11.6. The maximum Gasteiger partial charge on any atom is 0.418 e. The second-order valence-corrected chi connectivity index (χ2v) is 4.61. The summed E-state index contributed by atoms with van der Waals surface area (Å²) in [5.41, 5.74) is 0. The molecule has 1 N–H and O–H groups in total. The average molecular weight is 247 g/mol. The van der Waals surface area contributed by atoms with Crippen LogP contribution >= 0.6 is 0 Å². The second-order valence-electron chi connectivity index (χ2n) is 3.60. The monoisotopic (exact) mass is 247 g/mol. The smallest absolute Gasteiger partial charge is 0.290 e. The highest BCUT2D eigenvalue weighted by atomic mass is 32.3. The highest BCUT2D eigenvalue weighted by molar-refractivity contribution is 7.80. The first-order valence-electron chi connectivity index (χ1n) is 4.56. The minimum Gasteiger partial charge on any atom is -0.290 e. The van der Waals surface area contributed by atoms with Gasteiger partial charge < -0.3 is 0 Å². The number of carbonyl (C=O) groups excluding carboxylic acids is 1. The molecule has 0 aromatic rings. The van der Waals surface area contributed by atoms with Crippen LogP contribution in [0.2, 0.25) is 0 Å². The van der Waals surface area contributed by atoms with Crippen molar-refractivity contribution < 1.29 is 22.0 Å². The van der Waals surface area contributed by atoms with Crippen LogP contribution in [0.15, 0.2) is 0 Å². The van der Waals surface area contributed by atoms with Crippen molar-refractivity contribution >= 4 is 16.4 Å². The summed E-state index contributed by atoms with van der Waals surface area (Å²) in [6.45, 7) is 7.14. The van der Waals surface area contributed by atoms with Gasteiger partial charge in [0.2, 0.25) is 0 Å². The molecule has 0 spiro atoms. The van der Waals surface area contributed by atoms with Gasteiger partial charge in [0.25, 0.3) is 0 Å². The number of amides is 2. The number of hydrogen-bond acceptors (Lipinski definition) is 4. The summed E-state index contributed by atoms with van der Waals surface area (Å²) in [4.78, 5) is 16.2. The molecular weight excluding hydrogens is 238 g/mol. The zero-order valence-electron chi connectivity index (χ0n) is 8.11. The summed E-state index contributed by atoms with van der Waals surface area (Å²) < 4.78 is 33.8. The first-order chi connectivity index (χ1) is 7.42. The number of nitrogens with zero attached hydrogens (tertiary/aromatic N) is 3. The fraction of sp³-hybridized carbons (Fsp3) is 0.714. The lowest BCUT2D eigenvalue weighted by molar-refractivity contribution is -0.0316. The van der Waals surface area contributed by atoms with Crippen LogP contribution in [0.25, 0.3) is 4.85 Å². The van der Waals surface area contributed by atoms with Gasteiger partial charge in [-0.2, -0.15) is 13.5 Å². The Morgan fingerprint density at radius 3 is 2.75 bits per heavy atom. The van der Waals surface area contributed by atoms with Crippen molar-refractivity contribution in [3.63, 3.8) is 0 Å². The van der Waals surface area contributed by atoms with E-state index in [0.717, 1.165) is 0 Å². The van der Waals surface area contributed by atoms with E-state index in [4.69, 9.17) is 11.1 Å². The Bertz CT molecular complexity index is 455. The third-order valence-corrected chi connectivity index (χ3v) is 2.96. The molecule has 2 bridgehead atoms. The number of fused-ring (bicyclic) bond motifs is 2. The normalized spacial score (nSPS) is 29.4. The summed E-state index contributed by atoms with van der Waals surface area (Å²) in [6, 6.07) is -1.12. The van der Waals surface area contributed by atoms with E-state index in [1.165, 1.54) is 4.90 Å². The van der Waals surface area contributed by atoms with E-state index >= 15 is 0 Å². The van der Waals surface area contributed by atoms with Crippen molar-refractivity contribution in [2.45, 2.75) is 25.0 Å². The van der Waals surface area contributed by atoms with E-state index in [2.05, 4.69) is 9.13 Å². The van der Waals surface area contributed by atoms with Crippen LogP contribution in [0, 0.1) is 6.57 Å². The van der Waals surface area contributed by atoms with Crippen LogP contribution in [0.3, 0.4) is 0 Å². The topological polar surface area (TPSA) is 91.5 Å². The molecule has 2 saturated heterocycles. The largest absolute Gasteiger partial charge is 0.418 e. The van der Waals surface area contributed by atoms with Gasteiger partial charge in [-0.3, -0.25) is 14.3 Å². The summed E-state index contributed by atoms with van der Waals surface area (Å²) in [6.07, 6.45) is 0.384. The van der Waals surface area contributed by atoms with Crippen molar-refractivity contribution in [3.05, 3.63) is 11.4 Å². The summed E-state index contributed by atoms with van der Waals surface area (Å²) in [5, 5.41) is 0.626. The lowest BCUT2D eigenvalue weighted by Gasteiger charge is -2.21. The van der Waals surface area contributed by atoms with Crippen molar-refractivity contribution in [2.24, 2.45) is 0 Å². The van der Waals surface area contributed by atoms with Crippen LogP contribution in [0.1, 0.15) is 12.8 Å². The molecule has 0 aromatic heterocycles. The van der Waals surface area contributed by atoms with Crippen LogP contribution in [-0.4, -0.2) is 47.7 Å². The van der Waals surface area contributed by atoms with Gasteiger partial charge >= 0.3 is 22.6 Å². The highest BCUT2D eigenvalue weighted by Gasteiger charge is 2.49. The third-order valence-electron chi connectivity index (χ3n) is 2.61. The van der Waals surface area contributed by atoms with Crippen LogP contribution in [0.5, 0.6) is 0 Å². The van der Waals surface area contributed by atoms with Gasteiger partial charge in [-0.15, -0.1) is 4.28 Å². The zero-order valence-corrected chi connectivity index (χ0v) is 8.92. The SMILES string of the molecule is [C-]#[N+][C@@H]1CC[C@H]2CN1C(=O)N2OS(=O)(=O)O. The van der Waals surface area contributed by atoms with Gasteiger partial charge in [-0.25, -0.2) is 11.4 Å². The van der Waals surface area contributed by atoms with Crippen molar-refractivity contribution in [1.29, 1.82) is 0 Å². The quantitative estimate of drug-likeness (QED) is 0.542. The van der Waals surface area contributed by atoms with E-state index in [1.807, 2.05) is 0 Å². The van der Waals surface area contributed by atoms with E-state index in [-0.39, 0.29) is 6.54 Å². The molecule has 2 rings (SSSR count). The third kappa shape index (κ3) is 1.82. The molecule has 2 atom stereocenters. The Morgan fingerprint density at radius 2 is 2.19 bits per heavy atom. The number of hydroxylamine groups is 2. The standard InChI is InChI=1S/C7H9N3O5S/c1-8-6-3-2-5-4-9(6)7(11)10(5)15-16(12,13)14/h5-6H,2-4H2,(H,12,13,14)/t5-,6-/m0/s1. The molecule has 16 heavy (non-hydrogen) atoms. The van der Waals surface area contributed by atoms with Gasteiger partial charge in [-0.05, 0) is 6.42 Å². The second kappa shape index (κ2) is 3.58. The first kappa shape index (κ1) is 11.1. The number of hydrogen-bond donors (Lipinski definition) is 1. The molecule has 0 radical (unpaired) electrons. The molecule has 0 aromatic carbocycles. The number of piperidine rings is 1. The molecule has 0 unspecified atom stereocenters. The van der Waals surface area contributed by atoms with Crippen LogP contribution < -0.4 is 0 Å². The molecule has 88 valence electrons. The number of rotatable bonds is 2. The van der Waals surface area contributed by atoms with E-state index in [0.29, 0.717) is 17.9 Å². The fourth-order valence-corrected chi connectivity index (χ4v) is 2.33. The molecule has 9 heteroatoms. The van der Waals surface area contributed by atoms with Gasteiger partial charge in [0, 0.05) is 6.42 Å². The molecule has 0 aliphatic carbocycles. The predicted octanol–water partition coefficient (Wildman–Crippen LogP) is -0.134. The predicted molar refractivity (Wildman–Crippen MR) is 50.0 cm³/mol. The summed E-state index contributed by atoms with van der Waals surface area (Å²) in [7, 11) is -4.70. The minimum absolute atomic E-state index is 0.251. The summed E-state index contributed by atoms with van der Waals surface area (Å²) in [5.74, 6) is 0. The molecule has 2 amide bonds. The zero-order chi connectivity index (χ0) is 11.9. The lowest BCUT2D eigenvalue weighted by atomic mass is 10.1. The number of urea groups is 1. The molecule has 2 aliphatic heterocycles. The number of carbonyl (C=O) groups is 1.